The van der Waals surface area contributed by atoms with E-state index in [-0.39, 0.29) is 10.6 Å². The van der Waals surface area contributed by atoms with E-state index in [1.807, 2.05) is 0 Å². The van der Waals surface area contributed by atoms with Crippen LogP contribution in [0.4, 0.5) is 5.69 Å². The van der Waals surface area contributed by atoms with Gasteiger partial charge in [0.05, 0.1) is 29.1 Å². The number of nitro groups is 1. The molecule has 0 aliphatic carbocycles. The van der Waals surface area contributed by atoms with Crippen LogP contribution in [0.3, 0.4) is 0 Å². The first-order chi connectivity index (χ1) is 9.22. The van der Waals surface area contributed by atoms with Gasteiger partial charge in [-0.25, -0.2) is 13.1 Å². The summed E-state index contributed by atoms with van der Waals surface area (Å²) < 4.78 is 26.2. The lowest BCUT2D eigenvalue weighted by atomic mass is 10.1. The van der Waals surface area contributed by atoms with Crippen LogP contribution in [0.15, 0.2) is 17.0 Å². The molecule has 1 aromatic rings. The zero-order chi connectivity index (χ0) is 15.5. The van der Waals surface area contributed by atoms with Crippen LogP contribution in [-0.2, 0) is 10.0 Å². The summed E-state index contributed by atoms with van der Waals surface area (Å²) in [5.41, 5.74) is 0.550. The number of nitrogens with zero attached hydrogens (tertiary/aromatic N) is 1. The summed E-state index contributed by atoms with van der Waals surface area (Å²) in [7, 11) is -4.05. The third kappa shape index (κ3) is 3.51. The molecule has 0 atom stereocenters. The van der Waals surface area contributed by atoms with Gasteiger partial charge in [0.1, 0.15) is 0 Å². The van der Waals surface area contributed by atoms with E-state index in [0.29, 0.717) is 11.1 Å². The molecule has 0 unspecified atom stereocenters. The fourth-order valence-corrected chi connectivity index (χ4v) is 2.90. The summed E-state index contributed by atoms with van der Waals surface area (Å²) >= 11 is 0. The van der Waals surface area contributed by atoms with E-state index in [4.69, 9.17) is 10.2 Å². The minimum absolute atomic E-state index is 0.279. The average Bonchev–Trinajstić information content (AvgIpc) is 2.38. The predicted octanol–water partition coefficient (Wildman–Crippen LogP) is -0.157. The topological polar surface area (TPSA) is 130 Å². The minimum Gasteiger partial charge on any atom is -0.395 e. The maximum absolute atomic E-state index is 12.0. The van der Waals surface area contributed by atoms with Crippen molar-refractivity contribution in [1.82, 2.24) is 4.72 Å². The van der Waals surface area contributed by atoms with Crippen LogP contribution in [0.2, 0.25) is 0 Å². The molecule has 0 aromatic heterocycles. The Morgan fingerprint density at radius 1 is 1.30 bits per heavy atom. The molecule has 1 aromatic carbocycles. The Labute approximate surface area is 116 Å². The van der Waals surface area contributed by atoms with E-state index < -0.39 is 34.2 Å². The van der Waals surface area contributed by atoms with Gasteiger partial charge in [-0.2, -0.15) is 0 Å². The summed E-state index contributed by atoms with van der Waals surface area (Å²) in [6.07, 6.45) is 0. The SMILES string of the molecule is Cc1cc(S(=O)(=O)NC(CO)CO)cc([N+](=O)[O-])c1C. The molecule has 0 aliphatic heterocycles. The highest BCUT2D eigenvalue weighted by Gasteiger charge is 2.24. The van der Waals surface area contributed by atoms with E-state index in [2.05, 4.69) is 4.72 Å². The van der Waals surface area contributed by atoms with Crippen molar-refractivity contribution in [3.8, 4) is 0 Å². The van der Waals surface area contributed by atoms with Crippen molar-refractivity contribution < 1.29 is 23.6 Å². The van der Waals surface area contributed by atoms with Crippen LogP contribution in [0.1, 0.15) is 11.1 Å². The first kappa shape index (κ1) is 16.5. The Hall–Kier alpha value is -1.55. The third-order valence-corrected chi connectivity index (χ3v) is 4.38. The molecule has 20 heavy (non-hydrogen) atoms. The normalized spacial score (nSPS) is 11.8. The smallest absolute Gasteiger partial charge is 0.273 e. The van der Waals surface area contributed by atoms with Gasteiger partial charge in [0, 0.05) is 11.6 Å². The van der Waals surface area contributed by atoms with Crippen LogP contribution in [-0.4, -0.2) is 42.8 Å². The van der Waals surface area contributed by atoms with Crippen molar-refractivity contribution >= 4 is 15.7 Å². The Kier molecular flexibility index (Phi) is 5.17. The molecule has 0 spiro atoms. The van der Waals surface area contributed by atoms with Crippen LogP contribution < -0.4 is 4.72 Å². The number of benzene rings is 1. The molecule has 0 amide bonds. The Morgan fingerprint density at radius 3 is 2.30 bits per heavy atom. The van der Waals surface area contributed by atoms with Gasteiger partial charge in [0.2, 0.25) is 10.0 Å². The van der Waals surface area contributed by atoms with Crippen molar-refractivity contribution in [2.45, 2.75) is 24.8 Å². The number of aliphatic hydroxyl groups excluding tert-OH is 2. The van der Waals surface area contributed by atoms with Crippen LogP contribution >= 0.6 is 0 Å². The second-order valence-corrected chi connectivity index (χ2v) is 6.04. The molecule has 0 saturated carbocycles. The van der Waals surface area contributed by atoms with Crippen molar-refractivity contribution in [2.24, 2.45) is 0 Å². The molecule has 0 radical (unpaired) electrons. The quantitative estimate of drug-likeness (QED) is 0.494. The highest BCUT2D eigenvalue weighted by Crippen LogP contribution is 2.25. The summed E-state index contributed by atoms with van der Waals surface area (Å²) in [4.78, 5) is 9.96. The van der Waals surface area contributed by atoms with Crippen molar-refractivity contribution in [1.29, 1.82) is 0 Å². The predicted molar refractivity (Wildman–Crippen MR) is 70.9 cm³/mol. The number of aliphatic hydroxyl groups is 2. The monoisotopic (exact) mass is 304 g/mol. The number of sulfonamides is 1. The number of rotatable bonds is 6. The van der Waals surface area contributed by atoms with E-state index >= 15 is 0 Å². The molecule has 8 nitrogen and oxygen atoms in total. The number of nitro benzene ring substituents is 1. The van der Waals surface area contributed by atoms with E-state index in [1.54, 1.807) is 6.92 Å². The molecule has 112 valence electrons. The first-order valence-electron chi connectivity index (χ1n) is 5.72. The molecule has 0 heterocycles. The Morgan fingerprint density at radius 2 is 1.85 bits per heavy atom. The van der Waals surface area contributed by atoms with Gasteiger partial charge < -0.3 is 10.2 Å². The molecular formula is C11H16N2O6S. The highest BCUT2D eigenvalue weighted by molar-refractivity contribution is 7.89. The van der Waals surface area contributed by atoms with Crippen molar-refractivity contribution in [3.63, 3.8) is 0 Å². The lowest BCUT2D eigenvalue weighted by Crippen LogP contribution is -2.40. The lowest BCUT2D eigenvalue weighted by Gasteiger charge is -2.14. The van der Waals surface area contributed by atoms with Crippen LogP contribution in [0.25, 0.3) is 0 Å². The van der Waals surface area contributed by atoms with Gasteiger partial charge in [0.25, 0.3) is 5.69 Å². The standard InChI is InChI=1S/C11H16N2O6S/c1-7-3-10(4-11(8(7)2)13(16)17)20(18,19)12-9(5-14)6-15/h3-4,9,12,14-15H,5-6H2,1-2H3. The van der Waals surface area contributed by atoms with Crippen molar-refractivity contribution in [3.05, 3.63) is 33.4 Å². The average molecular weight is 304 g/mol. The summed E-state index contributed by atoms with van der Waals surface area (Å²) in [5, 5.41) is 28.7. The Bertz CT molecular complexity index is 610. The summed E-state index contributed by atoms with van der Waals surface area (Å²) in [6, 6.07) is 1.20. The maximum Gasteiger partial charge on any atom is 0.273 e. The van der Waals surface area contributed by atoms with Crippen LogP contribution in [0, 0.1) is 24.0 Å². The molecule has 0 saturated heterocycles. The number of nitrogens with one attached hydrogen (secondary N) is 1. The molecule has 0 aliphatic rings. The molecule has 3 N–H and O–H groups in total. The zero-order valence-electron chi connectivity index (χ0n) is 11.0. The van der Waals surface area contributed by atoms with E-state index in [0.717, 1.165) is 6.07 Å². The number of hydrogen-bond acceptors (Lipinski definition) is 6. The lowest BCUT2D eigenvalue weighted by molar-refractivity contribution is -0.385. The second-order valence-electron chi connectivity index (χ2n) is 4.32. The summed E-state index contributed by atoms with van der Waals surface area (Å²) in [5.74, 6) is 0. The van der Waals surface area contributed by atoms with Gasteiger partial charge in [-0.1, -0.05) is 0 Å². The number of hydrogen-bond donors (Lipinski definition) is 3. The summed E-state index contributed by atoms with van der Waals surface area (Å²) in [6.45, 7) is 1.93. The maximum atomic E-state index is 12.0. The fraction of sp³-hybridized carbons (Fsp3) is 0.455. The van der Waals surface area contributed by atoms with Crippen molar-refractivity contribution in [2.75, 3.05) is 13.2 Å². The number of aryl methyl sites for hydroxylation is 1. The van der Waals surface area contributed by atoms with Gasteiger partial charge in [-0.15, -0.1) is 0 Å². The van der Waals surface area contributed by atoms with Gasteiger partial charge >= 0.3 is 0 Å². The fourth-order valence-electron chi connectivity index (χ4n) is 1.57. The molecule has 9 heteroatoms. The largest absolute Gasteiger partial charge is 0.395 e. The molecular weight excluding hydrogens is 288 g/mol. The van der Waals surface area contributed by atoms with E-state index in [1.165, 1.54) is 13.0 Å². The van der Waals surface area contributed by atoms with Gasteiger partial charge in [0.15, 0.2) is 0 Å². The first-order valence-corrected chi connectivity index (χ1v) is 7.21. The molecule has 1 rings (SSSR count). The molecule has 0 fully saturated rings. The minimum atomic E-state index is -4.05. The molecule has 0 bridgehead atoms. The zero-order valence-corrected chi connectivity index (χ0v) is 11.8. The van der Waals surface area contributed by atoms with E-state index in [9.17, 15) is 18.5 Å². The highest BCUT2D eigenvalue weighted by atomic mass is 32.2. The Balaban J connectivity index is 3.29. The van der Waals surface area contributed by atoms with Gasteiger partial charge in [-0.3, -0.25) is 10.1 Å². The van der Waals surface area contributed by atoms with Crippen LogP contribution in [0.5, 0.6) is 0 Å². The third-order valence-electron chi connectivity index (χ3n) is 2.88. The van der Waals surface area contributed by atoms with Gasteiger partial charge in [-0.05, 0) is 25.5 Å². The second kappa shape index (κ2) is 6.27.